The van der Waals surface area contributed by atoms with Gasteiger partial charge in [0.05, 0.1) is 19.0 Å². The molecule has 0 aromatic carbocycles. The molecule has 114 valence electrons. The van der Waals surface area contributed by atoms with Crippen LogP contribution in [0.25, 0.3) is 0 Å². The molecule has 2 amide bonds. The standard InChI is InChI=1S/C14H26N4O2/c1-5-18(8-9-19)13(20)16-12(14(2,3)4)10-17-7-6-15-11-17/h6-7,11-12,19H,5,8-10H2,1-4H3,(H,16,20). The van der Waals surface area contributed by atoms with Gasteiger partial charge in [0.1, 0.15) is 0 Å². The second kappa shape index (κ2) is 7.28. The van der Waals surface area contributed by atoms with Gasteiger partial charge in [-0.2, -0.15) is 0 Å². The first-order valence-electron chi connectivity index (χ1n) is 7.00. The number of hydrogen-bond donors (Lipinski definition) is 2. The van der Waals surface area contributed by atoms with Crippen LogP contribution in [0.1, 0.15) is 27.7 Å². The lowest BCUT2D eigenvalue weighted by molar-refractivity contribution is 0.162. The minimum Gasteiger partial charge on any atom is -0.395 e. The van der Waals surface area contributed by atoms with E-state index in [0.29, 0.717) is 19.6 Å². The zero-order chi connectivity index (χ0) is 15.2. The third-order valence-electron chi connectivity index (χ3n) is 3.33. The van der Waals surface area contributed by atoms with Crippen LogP contribution in [0.15, 0.2) is 18.7 Å². The molecule has 0 radical (unpaired) electrons. The Bertz CT molecular complexity index is 398. The normalized spacial score (nSPS) is 13.1. The number of rotatable bonds is 6. The monoisotopic (exact) mass is 282 g/mol. The van der Waals surface area contributed by atoms with Crippen molar-refractivity contribution in [3.05, 3.63) is 18.7 Å². The summed E-state index contributed by atoms with van der Waals surface area (Å²) in [6.45, 7) is 9.76. The predicted molar refractivity (Wildman–Crippen MR) is 78.3 cm³/mol. The van der Waals surface area contributed by atoms with Crippen molar-refractivity contribution in [2.75, 3.05) is 19.7 Å². The Hall–Kier alpha value is -1.56. The zero-order valence-electron chi connectivity index (χ0n) is 12.8. The van der Waals surface area contributed by atoms with Crippen molar-refractivity contribution in [2.24, 2.45) is 5.41 Å². The molecule has 0 aliphatic heterocycles. The maximum Gasteiger partial charge on any atom is 0.317 e. The molecule has 6 heteroatoms. The zero-order valence-corrected chi connectivity index (χ0v) is 12.8. The van der Waals surface area contributed by atoms with Gasteiger partial charge in [-0.25, -0.2) is 9.78 Å². The average Bonchev–Trinajstić information content (AvgIpc) is 2.86. The van der Waals surface area contributed by atoms with Gasteiger partial charge >= 0.3 is 6.03 Å². The molecule has 1 atom stereocenters. The van der Waals surface area contributed by atoms with Crippen molar-refractivity contribution in [3.63, 3.8) is 0 Å². The lowest BCUT2D eigenvalue weighted by atomic mass is 9.86. The highest BCUT2D eigenvalue weighted by atomic mass is 16.3. The van der Waals surface area contributed by atoms with E-state index in [4.69, 9.17) is 5.11 Å². The molecule has 1 rings (SSSR count). The van der Waals surface area contributed by atoms with Crippen molar-refractivity contribution in [1.29, 1.82) is 0 Å². The van der Waals surface area contributed by atoms with Crippen molar-refractivity contribution < 1.29 is 9.90 Å². The SMILES string of the molecule is CCN(CCO)C(=O)NC(Cn1ccnc1)C(C)(C)C. The van der Waals surface area contributed by atoms with E-state index < -0.39 is 0 Å². The van der Waals surface area contributed by atoms with E-state index in [9.17, 15) is 4.79 Å². The first kappa shape index (κ1) is 16.5. The maximum atomic E-state index is 12.2. The number of aliphatic hydroxyl groups is 1. The summed E-state index contributed by atoms with van der Waals surface area (Å²) in [4.78, 5) is 17.9. The van der Waals surface area contributed by atoms with Crippen LogP contribution in [-0.2, 0) is 6.54 Å². The van der Waals surface area contributed by atoms with E-state index >= 15 is 0 Å². The minimum atomic E-state index is -0.137. The molecule has 0 fully saturated rings. The van der Waals surface area contributed by atoms with Gasteiger partial charge in [0.25, 0.3) is 0 Å². The summed E-state index contributed by atoms with van der Waals surface area (Å²) < 4.78 is 1.96. The van der Waals surface area contributed by atoms with Crippen molar-refractivity contribution in [3.8, 4) is 0 Å². The van der Waals surface area contributed by atoms with Gasteiger partial charge in [-0.3, -0.25) is 0 Å². The Kier molecular flexibility index (Phi) is 6.01. The van der Waals surface area contributed by atoms with Gasteiger partial charge in [0.2, 0.25) is 0 Å². The fourth-order valence-electron chi connectivity index (χ4n) is 1.91. The Morgan fingerprint density at radius 3 is 2.65 bits per heavy atom. The number of aliphatic hydroxyl groups excluding tert-OH is 1. The van der Waals surface area contributed by atoms with Crippen LogP contribution < -0.4 is 5.32 Å². The fraction of sp³-hybridized carbons (Fsp3) is 0.714. The number of carbonyl (C=O) groups excluding carboxylic acids is 1. The third-order valence-corrected chi connectivity index (χ3v) is 3.33. The summed E-state index contributed by atoms with van der Waals surface area (Å²) in [5.74, 6) is 0. The van der Waals surface area contributed by atoms with E-state index in [-0.39, 0.29) is 24.1 Å². The first-order valence-corrected chi connectivity index (χ1v) is 7.00. The van der Waals surface area contributed by atoms with Crippen LogP contribution in [0, 0.1) is 5.41 Å². The van der Waals surface area contributed by atoms with Crippen LogP contribution in [0.4, 0.5) is 4.79 Å². The number of nitrogens with one attached hydrogen (secondary N) is 1. The number of nitrogens with zero attached hydrogens (tertiary/aromatic N) is 3. The predicted octanol–water partition coefficient (Wildman–Crippen LogP) is 1.32. The molecule has 0 aliphatic carbocycles. The molecule has 1 aromatic rings. The van der Waals surface area contributed by atoms with Gasteiger partial charge in [-0.15, -0.1) is 0 Å². The Labute approximate surface area is 120 Å². The summed E-state index contributed by atoms with van der Waals surface area (Å²) in [7, 11) is 0. The molecule has 1 unspecified atom stereocenters. The smallest absolute Gasteiger partial charge is 0.317 e. The Morgan fingerprint density at radius 2 is 2.20 bits per heavy atom. The lowest BCUT2D eigenvalue weighted by Gasteiger charge is -2.33. The van der Waals surface area contributed by atoms with Gasteiger partial charge in [-0.1, -0.05) is 20.8 Å². The highest BCUT2D eigenvalue weighted by Gasteiger charge is 2.27. The summed E-state index contributed by atoms with van der Waals surface area (Å²) >= 11 is 0. The molecule has 2 N–H and O–H groups in total. The lowest BCUT2D eigenvalue weighted by Crippen LogP contribution is -2.51. The summed E-state index contributed by atoms with van der Waals surface area (Å²) in [6.07, 6.45) is 5.36. The summed E-state index contributed by atoms with van der Waals surface area (Å²) in [5, 5.41) is 12.0. The van der Waals surface area contributed by atoms with Crippen LogP contribution in [-0.4, -0.2) is 51.3 Å². The van der Waals surface area contributed by atoms with Crippen LogP contribution in [0.3, 0.4) is 0 Å². The van der Waals surface area contributed by atoms with Crippen molar-refractivity contribution >= 4 is 6.03 Å². The topological polar surface area (TPSA) is 70.4 Å². The van der Waals surface area contributed by atoms with Gasteiger partial charge in [-0.05, 0) is 12.3 Å². The number of imidazole rings is 1. The molecule has 0 saturated carbocycles. The van der Waals surface area contributed by atoms with Crippen LogP contribution in [0.5, 0.6) is 0 Å². The number of hydrogen-bond acceptors (Lipinski definition) is 3. The number of aromatic nitrogens is 2. The minimum absolute atomic E-state index is 0.0167. The molecule has 1 heterocycles. The van der Waals surface area contributed by atoms with Crippen molar-refractivity contribution in [1.82, 2.24) is 19.8 Å². The summed E-state index contributed by atoms with van der Waals surface area (Å²) in [5.41, 5.74) is -0.0709. The molecule has 0 saturated heterocycles. The average molecular weight is 282 g/mol. The van der Waals surface area contributed by atoms with E-state index in [1.807, 2.05) is 17.7 Å². The van der Waals surface area contributed by atoms with Gasteiger partial charge < -0.3 is 19.9 Å². The first-order chi connectivity index (χ1) is 9.38. The molecule has 0 bridgehead atoms. The van der Waals surface area contributed by atoms with E-state index in [1.165, 1.54) is 0 Å². The van der Waals surface area contributed by atoms with Gasteiger partial charge in [0.15, 0.2) is 0 Å². The van der Waals surface area contributed by atoms with Gasteiger partial charge in [0, 0.05) is 32.0 Å². The number of amides is 2. The molecular weight excluding hydrogens is 256 g/mol. The second-order valence-electron chi connectivity index (χ2n) is 5.93. The number of urea groups is 1. The second-order valence-corrected chi connectivity index (χ2v) is 5.93. The molecule has 1 aromatic heterocycles. The highest BCUT2D eigenvalue weighted by molar-refractivity contribution is 5.74. The Balaban J connectivity index is 2.72. The van der Waals surface area contributed by atoms with E-state index in [0.717, 1.165) is 0 Å². The highest BCUT2D eigenvalue weighted by Crippen LogP contribution is 2.21. The van der Waals surface area contributed by atoms with Crippen LogP contribution in [0.2, 0.25) is 0 Å². The van der Waals surface area contributed by atoms with Crippen LogP contribution >= 0.6 is 0 Å². The summed E-state index contributed by atoms with van der Waals surface area (Å²) in [6, 6.07) is -0.154. The molecule has 0 spiro atoms. The molecule has 6 nitrogen and oxygen atoms in total. The quantitative estimate of drug-likeness (QED) is 0.826. The largest absolute Gasteiger partial charge is 0.395 e. The number of carbonyl (C=O) groups is 1. The van der Waals surface area contributed by atoms with E-state index in [1.54, 1.807) is 17.4 Å². The number of likely N-dealkylation sites (N-methyl/N-ethyl adjacent to an activating group) is 1. The van der Waals surface area contributed by atoms with Crippen molar-refractivity contribution in [2.45, 2.75) is 40.3 Å². The fourth-order valence-corrected chi connectivity index (χ4v) is 1.91. The maximum absolute atomic E-state index is 12.2. The van der Waals surface area contributed by atoms with E-state index in [2.05, 4.69) is 31.1 Å². The third kappa shape index (κ3) is 4.85. The molecule has 0 aliphatic rings. The molecular formula is C14H26N4O2. The molecule has 20 heavy (non-hydrogen) atoms. The Morgan fingerprint density at radius 1 is 1.50 bits per heavy atom.